The quantitative estimate of drug-likeness (QED) is 0.820. The number of aromatic hydroxyl groups is 1. The summed E-state index contributed by atoms with van der Waals surface area (Å²) < 4.78 is 17.9. The van der Waals surface area contributed by atoms with Gasteiger partial charge in [-0.05, 0) is 12.1 Å². The third-order valence-corrected chi connectivity index (χ3v) is 2.43. The van der Waals surface area contributed by atoms with Crippen LogP contribution in [0.15, 0.2) is 18.2 Å². The van der Waals surface area contributed by atoms with Crippen LogP contribution >= 0.6 is 0 Å². The fourth-order valence-electron chi connectivity index (χ4n) is 1.38. The van der Waals surface area contributed by atoms with Crippen LogP contribution in [0, 0.1) is 5.82 Å². The number of hydrogen-bond donors (Lipinski definition) is 1. The van der Waals surface area contributed by atoms with E-state index in [-0.39, 0.29) is 13.0 Å². The number of ether oxygens (including phenoxy) is 1. The van der Waals surface area contributed by atoms with Crippen molar-refractivity contribution in [3.63, 3.8) is 0 Å². The van der Waals surface area contributed by atoms with Crippen LogP contribution in [0.25, 0.3) is 0 Å². The van der Waals surface area contributed by atoms with E-state index in [1.807, 2.05) is 0 Å². The van der Waals surface area contributed by atoms with Gasteiger partial charge in [0.25, 0.3) is 5.91 Å². The van der Waals surface area contributed by atoms with Crippen molar-refractivity contribution in [2.75, 3.05) is 20.7 Å². The Bertz CT molecular complexity index is 441. The molecule has 0 saturated heterocycles. The molecular weight excluding hydrogens is 241 g/mol. The minimum Gasteiger partial charge on any atom is -0.507 e. The summed E-state index contributed by atoms with van der Waals surface area (Å²) in [4.78, 5) is 23.9. The molecular formula is C12H14FNO4. The topological polar surface area (TPSA) is 66.8 Å². The first kappa shape index (κ1) is 14.0. The zero-order chi connectivity index (χ0) is 13.7. The van der Waals surface area contributed by atoms with Gasteiger partial charge in [0, 0.05) is 13.6 Å². The van der Waals surface area contributed by atoms with E-state index in [1.165, 1.54) is 26.3 Å². The Balaban J connectivity index is 2.78. The molecule has 5 nitrogen and oxygen atoms in total. The SMILES string of the molecule is COC(=O)CCN(C)C(=O)c1c(O)cccc1F. The Labute approximate surface area is 104 Å². The van der Waals surface area contributed by atoms with Gasteiger partial charge in [-0.3, -0.25) is 9.59 Å². The number of benzene rings is 1. The fourth-order valence-corrected chi connectivity index (χ4v) is 1.38. The van der Waals surface area contributed by atoms with Gasteiger partial charge < -0.3 is 14.7 Å². The van der Waals surface area contributed by atoms with Crippen molar-refractivity contribution in [3.8, 4) is 5.75 Å². The molecule has 1 aromatic carbocycles. The number of nitrogens with zero attached hydrogens (tertiary/aromatic N) is 1. The van der Waals surface area contributed by atoms with Gasteiger partial charge in [0.15, 0.2) is 0 Å². The van der Waals surface area contributed by atoms with Gasteiger partial charge in [-0.2, -0.15) is 0 Å². The molecule has 0 saturated carbocycles. The zero-order valence-electron chi connectivity index (χ0n) is 10.1. The third-order valence-electron chi connectivity index (χ3n) is 2.43. The van der Waals surface area contributed by atoms with Crippen LogP contribution in [-0.4, -0.2) is 42.6 Å². The lowest BCUT2D eigenvalue weighted by molar-refractivity contribution is -0.140. The third kappa shape index (κ3) is 3.19. The lowest BCUT2D eigenvalue weighted by Crippen LogP contribution is -2.30. The predicted molar refractivity (Wildman–Crippen MR) is 61.7 cm³/mol. The molecule has 0 heterocycles. The van der Waals surface area contributed by atoms with Crippen molar-refractivity contribution in [1.82, 2.24) is 4.90 Å². The molecule has 6 heteroatoms. The highest BCUT2D eigenvalue weighted by atomic mass is 19.1. The highest BCUT2D eigenvalue weighted by molar-refractivity contribution is 5.97. The van der Waals surface area contributed by atoms with E-state index in [0.717, 1.165) is 11.0 Å². The van der Waals surface area contributed by atoms with Crippen molar-refractivity contribution in [2.24, 2.45) is 0 Å². The normalized spacial score (nSPS) is 9.94. The average molecular weight is 255 g/mol. The summed E-state index contributed by atoms with van der Waals surface area (Å²) in [5.74, 6) is -2.38. The minimum atomic E-state index is -0.801. The van der Waals surface area contributed by atoms with Crippen LogP contribution in [0.1, 0.15) is 16.8 Å². The second-order valence-electron chi connectivity index (χ2n) is 3.69. The standard InChI is InChI=1S/C12H14FNO4/c1-14(7-6-10(16)18-2)12(17)11-8(13)4-3-5-9(11)15/h3-5,15H,6-7H2,1-2H3. The Morgan fingerprint density at radius 2 is 2.11 bits per heavy atom. The first-order valence-corrected chi connectivity index (χ1v) is 5.27. The molecule has 0 fully saturated rings. The van der Waals surface area contributed by atoms with E-state index in [9.17, 15) is 19.1 Å². The summed E-state index contributed by atoms with van der Waals surface area (Å²) in [7, 11) is 2.66. The van der Waals surface area contributed by atoms with Crippen LogP contribution in [0.5, 0.6) is 5.75 Å². The molecule has 0 atom stereocenters. The summed E-state index contributed by atoms with van der Waals surface area (Å²) in [5, 5.41) is 9.46. The minimum absolute atomic E-state index is 0.00789. The highest BCUT2D eigenvalue weighted by Gasteiger charge is 2.20. The van der Waals surface area contributed by atoms with Crippen LogP contribution in [0.3, 0.4) is 0 Å². The zero-order valence-corrected chi connectivity index (χ0v) is 10.1. The smallest absolute Gasteiger partial charge is 0.307 e. The molecule has 1 N–H and O–H groups in total. The number of carbonyl (C=O) groups excluding carboxylic acids is 2. The Morgan fingerprint density at radius 1 is 1.44 bits per heavy atom. The number of hydrogen-bond acceptors (Lipinski definition) is 4. The molecule has 1 amide bonds. The second-order valence-corrected chi connectivity index (χ2v) is 3.69. The van der Waals surface area contributed by atoms with E-state index in [4.69, 9.17) is 0 Å². The number of esters is 1. The number of phenolic OH excluding ortho intramolecular Hbond substituents is 1. The number of rotatable bonds is 4. The summed E-state index contributed by atoms with van der Waals surface area (Å²) in [6.45, 7) is 0.0826. The lowest BCUT2D eigenvalue weighted by Gasteiger charge is -2.17. The first-order chi connectivity index (χ1) is 8.47. The van der Waals surface area contributed by atoms with Gasteiger partial charge in [-0.1, -0.05) is 6.07 Å². The molecule has 0 aliphatic carbocycles. The Morgan fingerprint density at radius 3 is 2.67 bits per heavy atom. The maximum Gasteiger partial charge on any atom is 0.307 e. The molecule has 18 heavy (non-hydrogen) atoms. The largest absolute Gasteiger partial charge is 0.507 e. The molecule has 1 aromatic rings. The van der Waals surface area contributed by atoms with Crippen molar-refractivity contribution in [2.45, 2.75) is 6.42 Å². The van der Waals surface area contributed by atoms with Crippen molar-refractivity contribution in [1.29, 1.82) is 0 Å². The maximum atomic E-state index is 13.4. The van der Waals surface area contributed by atoms with E-state index in [1.54, 1.807) is 0 Å². The van der Waals surface area contributed by atoms with Crippen molar-refractivity contribution >= 4 is 11.9 Å². The number of carbonyl (C=O) groups is 2. The molecule has 0 aliphatic heterocycles. The van der Waals surface area contributed by atoms with Gasteiger partial charge in [-0.25, -0.2) is 4.39 Å². The van der Waals surface area contributed by atoms with Gasteiger partial charge in [0.1, 0.15) is 17.1 Å². The van der Waals surface area contributed by atoms with E-state index >= 15 is 0 Å². The summed E-state index contributed by atoms with van der Waals surface area (Å²) in [6.07, 6.45) is 0.00789. The molecule has 0 aliphatic rings. The van der Waals surface area contributed by atoms with Crippen LogP contribution in [-0.2, 0) is 9.53 Å². The average Bonchev–Trinajstić information content (AvgIpc) is 2.34. The number of methoxy groups -OCH3 is 1. The van der Waals surface area contributed by atoms with Crippen molar-refractivity contribution < 1.29 is 23.8 Å². The first-order valence-electron chi connectivity index (χ1n) is 5.27. The molecule has 0 aromatic heterocycles. The number of phenols is 1. The van der Waals surface area contributed by atoms with Crippen LogP contribution in [0.4, 0.5) is 4.39 Å². The molecule has 0 radical (unpaired) electrons. The summed E-state index contributed by atoms with van der Waals surface area (Å²) in [6, 6.07) is 3.61. The van der Waals surface area contributed by atoms with Crippen molar-refractivity contribution in [3.05, 3.63) is 29.6 Å². The second kappa shape index (κ2) is 6.00. The van der Waals surface area contributed by atoms with E-state index in [0.29, 0.717) is 0 Å². The molecule has 98 valence electrons. The lowest BCUT2D eigenvalue weighted by atomic mass is 10.1. The van der Waals surface area contributed by atoms with E-state index < -0.39 is 29.0 Å². The summed E-state index contributed by atoms with van der Waals surface area (Å²) in [5.41, 5.74) is -0.398. The number of halogens is 1. The van der Waals surface area contributed by atoms with Gasteiger partial charge in [0.05, 0.1) is 13.5 Å². The predicted octanol–water partition coefficient (Wildman–Crippen LogP) is 1.17. The monoisotopic (exact) mass is 255 g/mol. The maximum absolute atomic E-state index is 13.4. The molecule has 0 bridgehead atoms. The summed E-state index contributed by atoms with van der Waals surface area (Å²) >= 11 is 0. The Hall–Kier alpha value is -2.11. The van der Waals surface area contributed by atoms with Crippen LogP contribution < -0.4 is 0 Å². The highest BCUT2D eigenvalue weighted by Crippen LogP contribution is 2.21. The van der Waals surface area contributed by atoms with Gasteiger partial charge in [-0.15, -0.1) is 0 Å². The molecule has 0 unspecified atom stereocenters. The van der Waals surface area contributed by atoms with Crippen LogP contribution in [0.2, 0.25) is 0 Å². The Kier molecular flexibility index (Phi) is 4.65. The molecule has 1 rings (SSSR count). The fraction of sp³-hybridized carbons (Fsp3) is 0.333. The van der Waals surface area contributed by atoms with E-state index in [2.05, 4.69) is 4.74 Å². The van der Waals surface area contributed by atoms with Gasteiger partial charge in [0.2, 0.25) is 0 Å². The van der Waals surface area contributed by atoms with Gasteiger partial charge >= 0.3 is 5.97 Å². The molecule has 0 spiro atoms. The number of amides is 1.